The van der Waals surface area contributed by atoms with Gasteiger partial charge in [-0.2, -0.15) is 0 Å². The molecule has 0 fully saturated rings. The van der Waals surface area contributed by atoms with E-state index in [0.717, 1.165) is 11.1 Å². The van der Waals surface area contributed by atoms with Crippen LogP contribution in [0.15, 0.2) is 18.2 Å². The molecule has 0 heterocycles. The molecule has 4 nitrogen and oxygen atoms in total. The van der Waals surface area contributed by atoms with Gasteiger partial charge in [0.05, 0.1) is 0 Å². The molecule has 1 unspecified atom stereocenters. The second-order valence-corrected chi connectivity index (χ2v) is 13.3. The average Bonchev–Trinajstić information content (AvgIpc) is 2.38. The van der Waals surface area contributed by atoms with Gasteiger partial charge in [0.25, 0.3) is 0 Å². The van der Waals surface area contributed by atoms with Crippen molar-refractivity contribution in [3.05, 3.63) is 34.9 Å². The zero-order valence-electron chi connectivity index (χ0n) is 15.0. The summed E-state index contributed by atoms with van der Waals surface area (Å²) in [6, 6.07) is 5.81. The Labute approximate surface area is 145 Å². The zero-order chi connectivity index (χ0) is 17.8. The van der Waals surface area contributed by atoms with E-state index in [1.54, 1.807) is 0 Å². The number of hydrogen-bond acceptors (Lipinski definition) is 4. The summed E-state index contributed by atoms with van der Waals surface area (Å²) in [6.45, 7) is 13.0. The molecule has 1 aromatic carbocycles. The molecule has 0 radical (unpaired) electrons. The third kappa shape index (κ3) is 6.52. The molecule has 130 valence electrons. The molecule has 0 aliphatic heterocycles. The van der Waals surface area contributed by atoms with Gasteiger partial charge in [0.15, 0.2) is 0 Å². The molecule has 1 atom stereocenters. The van der Waals surface area contributed by atoms with Crippen molar-refractivity contribution in [2.75, 3.05) is 0 Å². The van der Waals surface area contributed by atoms with Crippen LogP contribution >= 0.6 is 6.29 Å². The summed E-state index contributed by atoms with van der Waals surface area (Å²) in [5, 5.41) is 0. The van der Waals surface area contributed by atoms with E-state index in [0.29, 0.717) is 5.56 Å². The normalized spacial score (nSPS) is 13.6. The molecular formula is C17H27O4PSe. The van der Waals surface area contributed by atoms with Gasteiger partial charge in [-0.15, -0.1) is 0 Å². The Morgan fingerprint density at radius 2 is 1.57 bits per heavy atom. The molecule has 0 saturated heterocycles. The van der Waals surface area contributed by atoms with Gasteiger partial charge < -0.3 is 0 Å². The Hall–Kier alpha value is -0.441. The number of carbonyl (C=O) groups excluding carboxylic acids is 1. The number of rotatable bonds is 8. The fourth-order valence-electron chi connectivity index (χ4n) is 2.05. The molecule has 0 amide bonds. The van der Waals surface area contributed by atoms with Crippen molar-refractivity contribution < 1.29 is 18.4 Å². The molecule has 0 aromatic heterocycles. The number of benzene rings is 1. The average molecular weight is 405 g/mol. The second kappa shape index (κ2) is 8.60. The molecule has 0 N–H and O–H groups in total. The Morgan fingerprint density at radius 1 is 1.04 bits per heavy atom. The molecule has 23 heavy (non-hydrogen) atoms. The van der Waals surface area contributed by atoms with Gasteiger partial charge in [-0.3, -0.25) is 0 Å². The Kier molecular flexibility index (Phi) is 7.70. The number of Topliss-reactive ketones (excluding diaryl/α,β-unsaturated/α-hetero) is 1. The van der Waals surface area contributed by atoms with E-state index in [-0.39, 0.29) is 22.8 Å². The minimum absolute atomic E-state index is 0.00568. The number of aryl methyl sites for hydroxylation is 2. The van der Waals surface area contributed by atoms with Gasteiger partial charge >= 0.3 is 145 Å². The summed E-state index contributed by atoms with van der Waals surface area (Å²) in [7, 11) is 0. The molecule has 0 spiro atoms. The standard InChI is InChI=1S/C17H27O4PSe/c1-11(2)20-22(19,21-12(3)4)23-15(7)17(18)16-10-13(5)8-9-14(16)6/h8-12,15H,1-7H3. The van der Waals surface area contributed by atoms with Gasteiger partial charge in [0, 0.05) is 0 Å². The molecule has 0 bridgehead atoms. The number of ketones is 1. The first-order chi connectivity index (χ1) is 10.5. The van der Waals surface area contributed by atoms with Gasteiger partial charge in [-0.1, -0.05) is 0 Å². The van der Waals surface area contributed by atoms with Crippen LogP contribution in [0, 0.1) is 13.8 Å². The first-order valence-electron chi connectivity index (χ1n) is 7.80. The van der Waals surface area contributed by atoms with Crippen LogP contribution in [0.25, 0.3) is 0 Å². The van der Waals surface area contributed by atoms with Crippen molar-refractivity contribution in [2.45, 2.75) is 65.5 Å². The Bertz CT molecular complexity index is 584. The SMILES string of the molecule is Cc1ccc(C)c(C(=O)C(C)[Se]P(=O)(OC(C)C)OC(C)C)c1. The summed E-state index contributed by atoms with van der Waals surface area (Å²) < 4.78 is 24.1. The maximum atomic E-state index is 13.0. The molecule has 0 saturated carbocycles. The molecular weight excluding hydrogens is 378 g/mol. The Balaban J connectivity index is 2.97. The second-order valence-electron chi connectivity index (χ2n) is 6.19. The van der Waals surface area contributed by atoms with Crippen molar-refractivity contribution >= 4 is 26.6 Å². The van der Waals surface area contributed by atoms with Crippen molar-refractivity contribution in [3.63, 3.8) is 0 Å². The van der Waals surface area contributed by atoms with Crippen LogP contribution in [-0.4, -0.2) is 32.5 Å². The first-order valence-corrected chi connectivity index (χ1v) is 12.6. The zero-order valence-corrected chi connectivity index (χ0v) is 17.6. The van der Waals surface area contributed by atoms with E-state index in [1.165, 1.54) is 0 Å². The third-order valence-corrected chi connectivity index (χ3v) is 10.1. The summed E-state index contributed by atoms with van der Waals surface area (Å²) in [6.07, 6.45) is -3.66. The minimum atomic E-state index is -3.25. The Morgan fingerprint density at radius 3 is 2.04 bits per heavy atom. The van der Waals surface area contributed by atoms with Crippen LogP contribution in [-0.2, 0) is 13.6 Å². The number of carbonyl (C=O) groups is 1. The van der Waals surface area contributed by atoms with Crippen LogP contribution in [0.3, 0.4) is 0 Å². The predicted molar refractivity (Wildman–Crippen MR) is 95.5 cm³/mol. The quantitative estimate of drug-likeness (QED) is 0.349. The van der Waals surface area contributed by atoms with E-state index < -0.39 is 20.8 Å². The third-order valence-electron chi connectivity index (χ3n) is 2.99. The monoisotopic (exact) mass is 406 g/mol. The topological polar surface area (TPSA) is 52.6 Å². The van der Waals surface area contributed by atoms with Gasteiger partial charge in [-0.05, 0) is 0 Å². The fourth-order valence-corrected chi connectivity index (χ4v) is 9.82. The number of hydrogen-bond donors (Lipinski definition) is 0. The van der Waals surface area contributed by atoms with Crippen LogP contribution in [0.4, 0.5) is 0 Å². The van der Waals surface area contributed by atoms with Crippen molar-refractivity contribution in [1.29, 1.82) is 0 Å². The van der Waals surface area contributed by atoms with Crippen LogP contribution in [0.2, 0.25) is 4.82 Å². The van der Waals surface area contributed by atoms with E-state index in [1.807, 2.05) is 66.7 Å². The van der Waals surface area contributed by atoms with Gasteiger partial charge in [0.1, 0.15) is 0 Å². The van der Waals surface area contributed by atoms with Crippen LogP contribution < -0.4 is 0 Å². The van der Waals surface area contributed by atoms with E-state index >= 15 is 0 Å². The molecule has 1 aromatic rings. The summed E-state index contributed by atoms with van der Waals surface area (Å²) in [5.74, 6) is 0.00568. The first kappa shape index (κ1) is 20.6. The summed E-state index contributed by atoms with van der Waals surface area (Å²) in [4.78, 5) is 12.4. The van der Waals surface area contributed by atoms with Gasteiger partial charge in [0.2, 0.25) is 0 Å². The maximum absolute atomic E-state index is 13.0. The fraction of sp³-hybridized carbons (Fsp3) is 0.588. The molecule has 1 rings (SSSR count). The van der Waals surface area contributed by atoms with Crippen LogP contribution in [0.5, 0.6) is 0 Å². The predicted octanol–water partition coefficient (Wildman–Crippen LogP) is 4.96. The summed E-state index contributed by atoms with van der Waals surface area (Å²) in [5.41, 5.74) is 2.67. The van der Waals surface area contributed by atoms with Crippen molar-refractivity contribution in [1.82, 2.24) is 0 Å². The van der Waals surface area contributed by atoms with E-state index in [4.69, 9.17) is 9.05 Å². The van der Waals surface area contributed by atoms with Gasteiger partial charge in [-0.25, -0.2) is 0 Å². The molecule has 0 aliphatic rings. The van der Waals surface area contributed by atoms with E-state index in [9.17, 15) is 9.36 Å². The summed E-state index contributed by atoms with van der Waals surface area (Å²) >= 11 is -0.575. The molecule has 6 heteroatoms. The van der Waals surface area contributed by atoms with Crippen LogP contribution in [0.1, 0.15) is 56.1 Å². The van der Waals surface area contributed by atoms with E-state index in [2.05, 4.69) is 0 Å². The molecule has 0 aliphatic carbocycles. The van der Waals surface area contributed by atoms with Crippen molar-refractivity contribution in [2.24, 2.45) is 0 Å². The van der Waals surface area contributed by atoms with Crippen molar-refractivity contribution in [3.8, 4) is 0 Å².